The third kappa shape index (κ3) is 4.24. The van der Waals surface area contributed by atoms with Crippen molar-refractivity contribution >= 4 is 34.2 Å². The lowest BCUT2D eigenvalue weighted by atomic mass is 10.0. The number of nitriles is 1. The van der Waals surface area contributed by atoms with E-state index in [2.05, 4.69) is 19.9 Å². The van der Waals surface area contributed by atoms with Crippen molar-refractivity contribution in [2.45, 2.75) is 6.54 Å². The molecule has 0 unspecified atom stereocenters. The maximum atomic E-state index is 8.84. The second-order valence-electron chi connectivity index (χ2n) is 6.99. The maximum Gasteiger partial charge on any atom is 0.292 e. The molecule has 0 aliphatic rings. The number of H-pyrrole nitrogens is 1. The van der Waals surface area contributed by atoms with Gasteiger partial charge in [-0.3, -0.25) is 0 Å². The van der Waals surface area contributed by atoms with Gasteiger partial charge in [-0.2, -0.15) is 0 Å². The van der Waals surface area contributed by atoms with E-state index in [1.807, 2.05) is 41.2 Å². The molecular formula is C23H19ClN6O3. The predicted octanol–water partition coefficient (Wildman–Crippen LogP) is 4.34. The molecule has 0 fully saturated rings. The van der Waals surface area contributed by atoms with E-state index in [0.717, 1.165) is 33.1 Å². The van der Waals surface area contributed by atoms with Crippen molar-refractivity contribution < 1.29 is 14.2 Å². The zero-order valence-electron chi connectivity index (χ0n) is 17.6. The molecule has 0 atom stereocenters. The molecule has 0 aliphatic heterocycles. The molecule has 0 aliphatic carbocycles. The molecular weight excluding hydrogens is 444 g/mol. The zero-order valence-corrected chi connectivity index (χ0v) is 18.4. The molecule has 0 saturated carbocycles. The van der Waals surface area contributed by atoms with Crippen LogP contribution in [0.2, 0.25) is 0 Å². The number of ether oxygens (including phenoxy) is 3. The number of halogens is 1. The van der Waals surface area contributed by atoms with E-state index in [1.165, 1.54) is 6.33 Å². The van der Waals surface area contributed by atoms with E-state index in [1.54, 1.807) is 32.0 Å². The molecule has 2 aromatic carbocycles. The number of methoxy groups -OCH3 is 1. The van der Waals surface area contributed by atoms with Crippen LogP contribution in [0.5, 0.6) is 17.2 Å². The van der Waals surface area contributed by atoms with Crippen molar-refractivity contribution in [1.29, 1.82) is 5.26 Å². The monoisotopic (exact) mass is 462 g/mol. The van der Waals surface area contributed by atoms with E-state index in [4.69, 9.17) is 19.5 Å². The summed E-state index contributed by atoms with van der Waals surface area (Å²) in [5.74, 6) is 1.66. The number of hydrogen-bond acceptors (Lipinski definition) is 7. The predicted molar refractivity (Wildman–Crippen MR) is 125 cm³/mol. The largest absolute Gasteiger partial charge is 0.493 e. The fraction of sp³-hybridized carbons (Fsp3) is 0.130. The summed E-state index contributed by atoms with van der Waals surface area (Å²) in [6.07, 6.45) is 10.5. The van der Waals surface area contributed by atoms with Gasteiger partial charge in [0.15, 0.2) is 11.5 Å². The number of aromatic amines is 1. The number of benzene rings is 2. The summed E-state index contributed by atoms with van der Waals surface area (Å²) in [4.78, 5) is 16.2. The summed E-state index contributed by atoms with van der Waals surface area (Å²) in [5, 5.41) is 10.5. The van der Waals surface area contributed by atoms with Crippen LogP contribution in [0.15, 0.2) is 61.6 Å². The Labute approximate surface area is 195 Å². The molecule has 0 amide bonds. The van der Waals surface area contributed by atoms with E-state index >= 15 is 0 Å². The summed E-state index contributed by atoms with van der Waals surface area (Å²) < 4.78 is 18.5. The van der Waals surface area contributed by atoms with Crippen molar-refractivity contribution in [2.75, 3.05) is 13.7 Å². The first-order valence-electron chi connectivity index (χ1n) is 9.85. The summed E-state index contributed by atoms with van der Waals surface area (Å²) in [6.45, 7) is 1.12. The fourth-order valence-corrected chi connectivity index (χ4v) is 3.64. The molecule has 166 valence electrons. The number of hydrogen-bond donors (Lipinski definition) is 1. The molecule has 10 heteroatoms. The molecule has 5 rings (SSSR count). The van der Waals surface area contributed by atoms with Crippen LogP contribution < -0.4 is 14.2 Å². The first-order valence-corrected chi connectivity index (χ1v) is 9.85. The summed E-state index contributed by atoms with van der Waals surface area (Å²) in [5.41, 5.74) is 3.24. The summed E-state index contributed by atoms with van der Waals surface area (Å²) in [6, 6.07) is 9.14. The van der Waals surface area contributed by atoms with Gasteiger partial charge in [-0.05, 0) is 24.3 Å². The molecule has 1 N–H and O–H groups in total. The molecule has 3 heterocycles. The third-order valence-electron chi connectivity index (χ3n) is 5.16. The summed E-state index contributed by atoms with van der Waals surface area (Å²) >= 11 is 0. The Hall–Kier alpha value is -4.29. The van der Waals surface area contributed by atoms with Crippen molar-refractivity contribution in [3.05, 3.63) is 61.6 Å². The van der Waals surface area contributed by atoms with Crippen LogP contribution in [0, 0.1) is 11.5 Å². The molecule has 3 aromatic heterocycles. The normalized spacial score (nSPS) is 10.5. The number of aromatic nitrogens is 5. The molecule has 0 saturated heterocycles. The minimum absolute atomic E-state index is 0. The Kier molecular flexibility index (Phi) is 6.29. The minimum Gasteiger partial charge on any atom is -0.493 e. The first-order chi connectivity index (χ1) is 15.8. The van der Waals surface area contributed by atoms with Crippen LogP contribution >= 0.6 is 12.4 Å². The second kappa shape index (κ2) is 9.46. The Morgan fingerprint density at radius 3 is 2.82 bits per heavy atom. The highest BCUT2D eigenvalue weighted by molar-refractivity contribution is 6.03. The average molecular weight is 463 g/mol. The van der Waals surface area contributed by atoms with Crippen molar-refractivity contribution in [3.63, 3.8) is 0 Å². The van der Waals surface area contributed by atoms with E-state index in [9.17, 15) is 0 Å². The van der Waals surface area contributed by atoms with Gasteiger partial charge in [0, 0.05) is 46.5 Å². The number of nitrogens with zero attached hydrogens (tertiary/aromatic N) is 5. The van der Waals surface area contributed by atoms with Gasteiger partial charge in [-0.15, -0.1) is 17.7 Å². The van der Waals surface area contributed by atoms with E-state index in [-0.39, 0.29) is 12.4 Å². The molecule has 0 radical (unpaired) electrons. The average Bonchev–Trinajstić information content (AvgIpc) is 3.48. The fourth-order valence-electron chi connectivity index (χ4n) is 3.64. The van der Waals surface area contributed by atoms with Crippen LogP contribution in [0.3, 0.4) is 0 Å². The van der Waals surface area contributed by atoms with Gasteiger partial charge in [-0.1, -0.05) is 0 Å². The van der Waals surface area contributed by atoms with Crippen molar-refractivity contribution in [1.82, 2.24) is 24.5 Å². The van der Waals surface area contributed by atoms with Gasteiger partial charge in [0.1, 0.15) is 18.7 Å². The molecule has 0 bridgehead atoms. The maximum absolute atomic E-state index is 8.84. The smallest absolute Gasteiger partial charge is 0.292 e. The number of rotatable bonds is 7. The van der Waals surface area contributed by atoms with E-state index in [0.29, 0.717) is 30.4 Å². The van der Waals surface area contributed by atoms with E-state index < -0.39 is 0 Å². The van der Waals surface area contributed by atoms with Crippen LogP contribution in [0.25, 0.3) is 33.1 Å². The highest BCUT2D eigenvalue weighted by Gasteiger charge is 2.16. The highest BCUT2D eigenvalue weighted by atomic mass is 35.5. The Bertz CT molecular complexity index is 1440. The lowest BCUT2D eigenvalue weighted by Crippen LogP contribution is -2.07. The zero-order chi connectivity index (χ0) is 21.9. The molecule has 9 nitrogen and oxygen atoms in total. The van der Waals surface area contributed by atoms with Gasteiger partial charge < -0.3 is 23.8 Å². The quantitative estimate of drug-likeness (QED) is 0.358. The van der Waals surface area contributed by atoms with Gasteiger partial charge in [-0.25, -0.2) is 15.0 Å². The van der Waals surface area contributed by atoms with Crippen LogP contribution in [-0.2, 0) is 6.54 Å². The number of imidazole rings is 1. The standard InChI is InChI=1S/C23H18N6O3.ClH/c1-30-21-9-17-20(10-22(21)31-7-6-29-5-4-25-14-29)27-13-28-23(17)18-11-26-19-3-2-15(32-12-24)8-16(18)19;/h2-5,8-11,13-14,26H,6-7H2,1H3;1H. The number of fused-ring (bicyclic) bond motifs is 2. The van der Waals surface area contributed by atoms with Gasteiger partial charge in [0.2, 0.25) is 0 Å². The number of nitrogens with one attached hydrogen (secondary N) is 1. The Morgan fingerprint density at radius 1 is 1.12 bits per heavy atom. The minimum atomic E-state index is 0. The lowest BCUT2D eigenvalue weighted by Gasteiger charge is -2.13. The molecule has 0 spiro atoms. The van der Waals surface area contributed by atoms with Crippen LogP contribution in [0.4, 0.5) is 0 Å². The molecule has 5 aromatic rings. The van der Waals surface area contributed by atoms with Gasteiger partial charge in [0.05, 0.1) is 31.2 Å². The van der Waals surface area contributed by atoms with Crippen LogP contribution in [0.1, 0.15) is 0 Å². The van der Waals surface area contributed by atoms with Crippen molar-refractivity contribution in [2.24, 2.45) is 0 Å². The lowest BCUT2D eigenvalue weighted by molar-refractivity contribution is 0.280. The Morgan fingerprint density at radius 2 is 2.03 bits per heavy atom. The third-order valence-corrected chi connectivity index (χ3v) is 5.16. The van der Waals surface area contributed by atoms with Gasteiger partial charge >= 0.3 is 0 Å². The topological polar surface area (TPSA) is 111 Å². The van der Waals surface area contributed by atoms with Crippen molar-refractivity contribution in [3.8, 4) is 34.8 Å². The molecule has 33 heavy (non-hydrogen) atoms. The highest BCUT2D eigenvalue weighted by Crippen LogP contribution is 2.38. The SMILES string of the molecule is COc1cc2c(-c3c[nH]c4ccc(OC#N)cc34)ncnc2cc1OCCn1ccnc1.Cl. The first kappa shape index (κ1) is 21.9. The van der Waals surface area contributed by atoms with Crippen LogP contribution in [-0.4, -0.2) is 38.2 Å². The second-order valence-corrected chi connectivity index (χ2v) is 6.99. The summed E-state index contributed by atoms with van der Waals surface area (Å²) in [7, 11) is 1.60. The van der Waals surface area contributed by atoms with Gasteiger partial charge in [0.25, 0.3) is 6.26 Å². The Balaban J connectivity index is 0.00000259.